The molecule has 0 aliphatic rings. The summed E-state index contributed by atoms with van der Waals surface area (Å²) in [5.74, 6) is 0. The average Bonchev–Trinajstić information content (AvgIpc) is 2.46. The molecular formula is C17H32CuN4O2S-. The van der Waals surface area contributed by atoms with Crippen molar-refractivity contribution in [3.05, 3.63) is 35.0 Å². The summed E-state index contributed by atoms with van der Waals surface area (Å²) in [6, 6.07) is 5.99. The van der Waals surface area contributed by atoms with Gasteiger partial charge < -0.3 is 20.3 Å². The van der Waals surface area contributed by atoms with Gasteiger partial charge in [-0.2, -0.15) is 0 Å². The Morgan fingerprint density at radius 2 is 1.32 bits per heavy atom. The maximum Gasteiger partial charge on any atom is 0.0827 e. The average molecular weight is 420 g/mol. The summed E-state index contributed by atoms with van der Waals surface area (Å²) in [5.41, 5.74) is 0.956. The predicted octanol–water partition coefficient (Wildman–Crippen LogP) is 2.00. The van der Waals surface area contributed by atoms with Gasteiger partial charge in [0.25, 0.3) is 0 Å². The van der Waals surface area contributed by atoms with Crippen molar-refractivity contribution in [3.8, 4) is 0 Å². The molecule has 8 heteroatoms. The molecule has 25 heavy (non-hydrogen) atoms. The second kappa shape index (κ2) is 14.7. The maximum atomic E-state index is 10.5. The Kier molecular flexibility index (Phi) is 15.7. The van der Waals surface area contributed by atoms with E-state index < -0.39 is 10.0 Å². The van der Waals surface area contributed by atoms with Gasteiger partial charge >= 0.3 is 0 Å². The van der Waals surface area contributed by atoms with Crippen molar-refractivity contribution in [2.45, 2.75) is 24.7 Å². The quantitative estimate of drug-likeness (QED) is 0.489. The van der Waals surface area contributed by atoms with E-state index in [0.717, 1.165) is 18.7 Å². The zero-order valence-electron chi connectivity index (χ0n) is 15.9. The number of hydrogen-bond acceptors (Lipinski definition) is 5. The molecule has 0 aromatic heterocycles. The first-order chi connectivity index (χ1) is 11.1. The topological polar surface area (TPSA) is 75.0 Å². The Hall–Kier alpha value is -0.471. The summed E-state index contributed by atoms with van der Waals surface area (Å²) in [6.45, 7) is 6.49. The van der Waals surface area contributed by atoms with Crippen LogP contribution in [0, 0.1) is 6.92 Å². The molecule has 0 bridgehead atoms. The Morgan fingerprint density at radius 3 is 1.64 bits per heavy atom. The van der Waals surface area contributed by atoms with Gasteiger partial charge in [-0.3, -0.25) is 0 Å². The van der Waals surface area contributed by atoms with Gasteiger partial charge in [-0.05, 0) is 86.3 Å². The van der Waals surface area contributed by atoms with Crippen LogP contribution in [0.1, 0.15) is 18.4 Å². The largest absolute Gasteiger partial charge is 0.678 e. The van der Waals surface area contributed by atoms with Crippen molar-refractivity contribution in [3.63, 3.8) is 0 Å². The third kappa shape index (κ3) is 16.7. The van der Waals surface area contributed by atoms with Gasteiger partial charge in [0.15, 0.2) is 0 Å². The van der Waals surface area contributed by atoms with E-state index in [9.17, 15) is 8.42 Å². The van der Waals surface area contributed by atoms with E-state index in [1.54, 1.807) is 12.1 Å². The number of rotatable bonds is 9. The molecule has 0 amide bonds. The van der Waals surface area contributed by atoms with Crippen molar-refractivity contribution >= 4 is 10.0 Å². The van der Waals surface area contributed by atoms with Gasteiger partial charge in [-0.1, -0.05) is 17.7 Å². The van der Waals surface area contributed by atoms with Gasteiger partial charge in [0, 0.05) is 22.0 Å². The van der Waals surface area contributed by atoms with Gasteiger partial charge in [0.1, 0.15) is 0 Å². The smallest absolute Gasteiger partial charge is 0.0827 e. The molecule has 1 N–H and O–H groups in total. The normalized spacial score (nSPS) is 11.0. The van der Waals surface area contributed by atoms with Crippen LogP contribution in [0.15, 0.2) is 29.2 Å². The van der Waals surface area contributed by atoms with E-state index in [2.05, 4.69) is 43.3 Å². The summed E-state index contributed by atoms with van der Waals surface area (Å²) in [5, 5.41) is 12.0. The van der Waals surface area contributed by atoms with Crippen molar-refractivity contribution in [1.82, 2.24) is 15.1 Å². The Morgan fingerprint density at radius 1 is 0.920 bits per heavy atom. The van der Waals surface area contributed by atoms with Crippen LogP contribution < -0.4 is 5.32 Å². The minimum Gasteiger partial charge on any atom is -0.678 e. The van der Waals surface area contributed by atoms with Gasteiger partial charge in [-0.15, -0.1) is 0 Å². The second-order valence-corrected chi connectivity index (χ2v) is 7.77. The molecule has 2 radical (unpaired) electrons. The fourth-order valence-corrected chi connectivity index (χ4v) is 2.36. The zero-order valence-corrected chi connectivity index (χ0v) is 17.7. The standard InChI is InChI=1S/C10H25N3.C7H7NO2S.Cu/c1-12(2)9-5-7-11-8-6-10-13(3)4;1-6-2-4-7(5-3-6)11(8,9)10;/h11H,5-10H2,1-4H3;2-5H,1H3;/q;-1;. The Labute approximate surface area is 164 Å². The van der Waals surface area contributed by atoms with E-state index in [0.29, 0.717) is 0 Å². The Balaban J connectivity index is 0. The zero-order chi connectivity index (χ0) is 18.6. The number of sulfonamides is 1. The maximum absolute atomic E-state index is 10.5. The first-order valence-corrected chi connectivity index (χ1v) is 9.61. The second-order valence-electron chi connectivity index (χ2n) is 6.35. The SMILES string of the molecule is CN(C)CCCNCCCN(C)C.Cc1ccc(S([N-])(=O)=O)cc1.[Cu]. The Bertz CT molecular complexity index is 522. The van der Waals surface area contributed by atoms with E-state index in [4.69, 9.17) is 5.14 Å². The molecule has 0 fully saturated rings. The molecular weight excluding hydrogens is 388 g/mol. The molecule has 0 aliphatic heterocycles. The number of nitrogens with zero attached hydrogens (tertiary/aromatic N) is 3. The van der Waals surface area contributed by atoms with Crippen LogP contribution in [-0.4, -0.2) is 72.6 Å². The summed E-state index contributed by atoms with van der Waals surface area (Å²) in [6.07, 6.45) is 2.49. The minimum absolute atomic E-state index is 0. The van der Waals surface area contributed by atoms with Crippen LogP contribution in [0.2, 0.25) is 0 Å². The molecule has 0 heterocycles. The summed E-state index contributed by atoms with van der Waals surface area (Å²) >= 11 is 0. The van der Waals surface area contributed by atoms with Crippen molar-refractivity contribution < 1.29 is 25.5 Å². The molecule has 0 unspecified atom stereocenters. The summed E-state index contributed by atoms with van der Waals surface area (Å²) < 4.78 is 21.0. The minimum atomic E-state index is -4.02. The van der Waals surface area contributed by atoms with Crippen LogP contribution in [0.4, 0.5) is 0 Å². The van der Waals surface area contributed by atoms with Crippen molar-refractivity contribution in [1.29, 1.82) is 0 Å². The molecule has 6 nitrogen and oxygen atoms in total. The third-order valence-electron chi connectivity index (χ3n) is 3.24. The number of benzene rings is 1. The monoisotopic (exact) mass is 419 g/mol. The van der Waals surface area contributed by atoms with Crippen LogP contribution in [0.3, 0.4) is 0 Å². The van der Waals surface area contributed by atoms with Crippen LogP contribution in [0.5, 0.6) is 0 Å². The van der Waals surface area contributed by atoms with E-state index in [1.165, 1.54) is 38.1 Å². The molecule has 0 spiro atoms. The van der Waals surface area contributed by atoms with E-state index in [1.807, 2.05) is 6.92 Å². The molecule has 1 aromatic carbocycles. The van der Waals surface area contributed by atoms with Gasteiger partial charge in [0.2, 0.25) is 0 Å². The predicted molar refractivity (Wildman–Crippen MR) is 101 cm³/mol. The fourth-order valence-electron chi connectivity index (χ4n) is 1.88. The molecule has 1 aromatic rings. The van der Waals surface area contributed by atoms with Crippen molar-refractivity contribution in [2.75, 3.05) is 54.4 Å². The van der Waals surface area contributed by atoms with Crippen LogP contribution >= 0.6 is 0 Å². The summed E-state index contributed by atoms with van der Waals surface area (Å²) in [7, 11) is 4.45. The molecule has 0 saturated heterocycles. The van der Waals surface area contributed by atoms with Crippen molar-refractivity contribution in [2.24, 2.45) is 0 Å². The number of nitrogens with one attached hydrogen (secondary N) is 1. The van der Waals surface area contributed by atoms with Gasteiger partial charge in [0.05, 0.1) is 10.0 Å². The molecule has 1 rings (SSSR count). The first-order valence-electron chi connectivity index (χ1n) is 8.17. The van der Waals surface area contributed by atoms with E-state index >= 15 is 0 Å². The van der Waals surface area contributed by atoms with Crippen LogP contribution in [0.25, 0.3) is 5.14 Å². The fraction of sp³-hybridized carbons (Fsp3) is 0.647. The molecule has 0 aliphatic carbocycles. The third-order valence-corrected chi connectivity index (χ3v) is 4.10. The first kappa shape index (κ1) is 26.8. The van der Waals surface area contributed by atoms with Crippen LogP contribution in [-0.2, 0) is 27.1 Å². The van der Waals surface area contributed by atoms with Gasteiger partial charge in [-0.25, -0.2) is 8.42 Å². The molecule has 150 valence electrons. The number of hydrogen-bond donors (Lipinski definition) is 1. The molecule has 0 atom stereocenters. The summed E-state index contributed by atoms with van der Waals surface area (Å²) in [4.78, 5) is 4.38. The number of aryl methyl sites for hydroxylation is 1. The van der Waals surface area contributed by atoms with E-state index in [-0.39, 0.29) is 22.0 Å². The molecule has 0 saturated carbocycles.